The third kappa shape index (κ3) is 4.23. The van der Waals surface area contributed by atoms with Crippen LogP contribution in [0.5, 0.6) is 0 Å². The zero-order chi connectivity index (χ0) is 22.9. The van der Waals surface area contributed by atoms with Crippen molar-refractivity contribution < 1.29 is 9.32 Å². The summed E-state index contributed by atoms with van der Waals surface area (Å²) in [6.45, 7) is 8.46. The van der Waals surface area contributed by atoms with Gasteiger partial charge in [-0.05, 0) is 63.3 Å². The van der Waals surface area contributed by atoms with E-state index >= 15 is 0 Å². The van der Waals surface area contributed by atoms with E-state index in [9.17, 15) is 4.79 Å². The third-order valence-electron chi connectivity index (χ3n) is 6.60. The van der Waals surface area contributed by atoms with Crippen LogP contribution in [0.1, 0.15) is 29.9 Å². The number of pyridine rings is 1. The first-order valence-electron chi connectivity index (χ1n) is 11.5. The molecule has 1 aromatic carbocycles. The molecule has 0 bridgehead atoms. The molecule has 7 heteroatoms. The Labute approximate surface area is 193 Å². The molecule has 1 saturated heterocycles. The van der Waals surface area contributed by atoms with Crippen LogP contribution in [0, 0.1) is 26.7 Å². The second kappa shape index (κ2) is 8.73. The lowest BCUT2D eigenvalue weighted by Gasteiger charge is -2.32. The van der Waals surface area contributed by atoms with Crippen LogP contribution in [0.15, 0.2) is 53.3 Å². The number of amides is 2. The van der Waals surface area contributed by atoms with Gasteiger partial charge in [0.1, 0.15) is 5.76 Å². The number of piperidine rings is 1. The van der Waals surface area contributed by atoms with E-state index in [-0.39, 0.29) is 6.03 Å². The predicted molar refractivity (Wildman–Crippen MR) is 129 cm³/mol. The maximum absolute atomic E-state index is 12.6. The first kappa shape index (κ1) is 21.2. The molecule has 0 radical (unpaired) electrons. The highest BCUT2D eigenvalue weighted by Gasteiger charge is 2.24. The van der Waals surface area contributed by atoms with Crippen molar-refractivity contribution in [2.24, 2.45) is 5.92 Å². The lowest BCUT2D eigenvalue weighted by atomic mass is 9.97. The molecule has 1 aliphatic heterocycles. The number of benzene rings is 1. The van der Waals surface area contributed by atoms with E-state index in [1.165, 1.54) is 5.56 Å². The molecule has 7 nitrogen and oxygen atoms in total. The van der Waals surface area contributed by atoms with Crippen LogP contribution in [0.4, 0.5) is 10.5 Å². The number of rotatable bonds is 4. The molecule has 4 aromatic rings. The van der Waals surface area contributed by atoms with Gasteiger partial charge in [-0.1, -0.05) is 23.4 Å². The van der Waals surface area contributed by atoms with Gasteiger partial charge in [-0.3, -0.25) is 4.98 Å². The fraction of sp³-hybridized carbons (Fsp3) is 0.346. The van der Waals surface area contributed by atoms with Gasteiger partial charge < -0.3 is 19.3 Å². The number of nitrogens with zero attached hydrogens (tertiary/aromatic N) is 4. The zero-order valence-electron chi connectivity index (χ0n) is 19.3. The van der Waals surface area contributed by atoms with Gasteiger partial charge in [-0.15, -0.1) is 0 Å². The summed E-state index contributed by atoms with van der Waals surface area (Å²) in [5, 5.41) is 7.09. The van der Waals surface area contributed by atoms with Gasteiger partial charge in [0.05, 0.1) is 16.7 Å². The maximum atomic E-state index is 12.6. The smallest absolute Gasteiger partial charge is 0.321 e. The van der Waals surface area contributed by atoms with Crippen LogP contribution in [0.25, 0.3) is 22.2 Å². The van der Waals surface area contributed by atoms with Gasteiger partial charge in [0.15, 0.2) is 0 Å². The molecule has 0 atom stereocenters. The summed E-state index contributed by atoms with van der Waals surface area (Å²) in [4.78, 5) is 19.3. The Kier molecular flexibility index (Phi) is 5.62. The lowest BCUT2D eigenvalue weighted by molar-refractivity contribution is 0.177. The van der Waals surface area contributed by atoms with E-state index in [4.69, 9.17) is 9.51 Å². The summed E-state index contributed by atoms with van der Waals surface area (Å²) < 4.78 is 7.69. The Balaban J connectivity index is 1.29. The number of likely N-dealkylation sites (tertiary alicyclic amines) is 1. The van der Waals surface area contributed by atoms with Gasteiger partial charge in [0.25, 0.3) is 0 Å². The number of urea groups is 1. The highest BCUT2D eigenvalue weighted by atomic mass is 16.5. The molecule has 4 heterocycles. The molecule has 1 aliphatic rings. The molecule has 1 N–H and O–H groups in total. The Morgan fingerprint density at radius 3 is 2.61 bits per heavy atom. The van der Waals surface area contributed by atoms with E-state index in [1.54, 1.807) is 0 Å². The van der Waals surface area contributed by atoms with Crippen molar-refractivity contribution in [1.29, 1.82) is 0 Å². The molecule has 170 valence electrons. The number of fused-ring (bicyclic) bond motifs is 1. The van der Waals surface area contributed by atoms with Crippen LogP contribution in [0.2, 0.25) is 0 Å². The number of hydrogen-bond donors (Lipinski definition) is 1. The number of aryl methyl sites for hydroxylation is 3. The highest BCUT2D eigenvalue weighted by molar-refractivity contribution is 5.89. The number of anilines is 1. The minimum Gasteiger partial charge on any atom is -0.361 e. The van der Waals surface area contributed by atoms with Crippen molar-refractivity contribution >= 4 is 22.8 Å². The summed E-state index contributed by atoms with van der Waals surface area (Å²) in [6, 6.07) is 11.8. The van der Waals surface area contributed by atoms with Crippen molar-refractivity contribution in [3.05, 3.63) is 65.8 Å². The number of carbonyl (C=O) groups is 1. The zero-order valence-corrected chi connectivity index (χ0v) is 19.3. The second-order valence-corrected chi connectivity index (χ2v) is 8.98. The van der Waals surface area contributed by atoms with Crippen LogP contribution >= 0.6 is 0 Å². The van der Waals surface area contributed by atoms with Gasteiger partial charge >= 0.3 is 6.03 Å². The van der Waals surface area contributed by atoms with E-state index < -0.39 is 0 Å². The molecule has 0 saturated carbocycles. The summed E-state index contributed by atoms with van der Waals surface area (Å²) in [6.07, 6.45) is 6.08. The number of para-hydroxylation sites is 1. The van der Waals surface area contributed by atoms with Crippen LogP contribution < -0.4 is 5.32 Å². The number of hydrogen-bond acceptors (Lipinski definition) is 4. The first-order valence-corrected chi connectivity index (χ1v) is 11.5. The summed E-state index contributed by atoms with van der Waals surface area (Å²) in [7, 11) is 0. The molecule has 5 rings (SSSR count). The van der Waals surface area contributed by atoms with Gasteiger partial charge in [-0.25, -0.2) is 4.79 Å². The van der Waals surface area contributed by atoms with E-state index in [0.717, 1.165) is 71.8 Å². The summed E-state index contributed by atoms with van der Waals surface area (Å²) in [5.41, 5.74) is 7.11. The molecule has 0 unspecified atom stereocenters. The maximum Gasteiger partial charge on any atom is 0.321 e. The highest BCUT2D eigenvalue weighted by Crippen LogP contribution is 2.31. The largest absolute Gasteiger partial charge is 0.361 e. The monoisotopic (exact) mass is 443 g/mol. The fourth-order valence-electron chi connectivity index (χ4n) is 4.84. The number of aromatic nitrogens is 3. The third-order valence-corrected chi connectivity index (χ3v) is 6.60. The quantitative estimate of drug-likeness (QED) is 0.448. The lowest BCUT2D eigenvalue weighted by Crippen LogP contribution is -2.41. The molecule has 0 aliphatic carbocycles. The molecule has 3 aromatic heterocycles. The average molecular weight is 444 g/mol. The normalized spacial score (nSPS) is 14.7. The fourth-order valence-corrected chi connectivity index (χ4v) is 4.84. The predicted octanol–water partition coefficient (Wildman–Crippen LogP) is 5.56. The van der Waals surface area contributed by atoms with Gasteiger partial charge in [-0.2, -0.15) is 0 Å². The molecular formula is C26H29N5O2. The molecule has 1 fully saturated rings. The topological polar surface area (TPSA) is 76.2 Å². The van der Waals surface area contributed by atoms with Crippen LogP contribution in [0.3, 0.4) is 0 Å². The van der Waals surface area contributed by atoms with E-state index in [1.807, 2.05) is 55.3 Å². The molecular weight excluding hydrogens is 414 g/mol. The first-order chi connectivity index (χ1) is 16.0. The standard InChI is InChI=1S/C26H29N5O2/c1-17-15-31(23-13-21(14-27-25(17)23)24-18(2)29-33-19(24)3)16-20-9-11-30(12-10-20)26(32)28-22-7-5-4-6-8-22/h4-8,13-15,20H,9-12,16H2,1-3H3,(H,28,32). The van der Waals surface area contributed by atoms with Crippen molar-refractivity contribution in [3.8, 4) is 11.1 Å². The molecule has 33 heavy (non-hydrogen) atoms. The second-order valence-electron chi connectivity index (χ2n) is 8.98. The summed E-state index contributed by atoms with van der Waals surface area (Å²) in [5.74, 6) is 1.33. The molecule has 2 amide bonds. The Bertz CT molecular complexity index is 1260. The number of nitrogens with one attached hydrogen (secondary N) is 1. The van der Waals surface area contributed by atoms with Gasteiger partial charge in [0, 0.05) is 48.8 Å². The van der Waals surface area contributed by atoms with Crippen molar-refractivity contribution in [2.45, 2.75) is 40.2 Å². The minimum atomic E-state index is -0.0183. The van der Waals surface area contributed by atoms with Crippen LogP contribution in [-0.2, 0) is 6.54 Å². The SMILES string of the molecule is Cc1noc(C)c1-c1cnc2c(C)cn(CC3CCN(C(=O)Nc4ccccc4)CC3)c2c1. The Morgan fingerprint density at radius 2 is 1.91 bits per heavy atom. The average Bonchev–Trinajstić information content (AvgIpc) is 3.32. The van der Waals surface area contributed by atoms with Crippen molar-refractivity contribution in [1.82, 2.24) is 19.6 Å². The van der Waals surface area contributed by atoms with E-state index in [2.05, 4.69) is 34.2 Å². The summed E-state index contributed by atoms with van der Waals surface area (Å²) >= 11 is 0. The van der Waals surface area contributed by atoms with Gasteiger partial charge in [0.2, 0.25) is 0 Å². The van der Waals surface area contributed by atoms with Crippen LogP contribution in [-0.4, -0.2) is 38.7 Å². The number of carbonyl (C=O) groups excluding carboxylic acids is 1. The van der Waals surface area contributed by atoms with Crippen molar-refractivity contribution in [2.75, 3.05) is 18.4 Å². The van der Waals surface area contributed by atoms with Crippen molar-refractivity contribution in [3.63, 3.8) is 0 Å². The Hall–Kier alpha value is -3.61. The minimum absolute atomic E-state index is 0.0183. The molecule has 0 spiro atoms. The van der Waals surface area contributed by atoms with E-state index in [0.29, 0.717) is 5.92 Å². The Morgan fingerprint density at radius 1 is 1.15 bits per heavy atom.